The molecule has 21 heavy (non-hydrogen) atoms. The van der Waals surface area contributed by atoms with Crippen molar-refractivity contribution < 1.29 is 14.9 Å². The second-order valence-corrected chi connectivity index (χ2v) is 6.41. The van der Waals surface area contributed by atoms with Crippen LogP contribution < -0.4 is 5.32 Å². The molecule has 1 heterocycles. The van der Waals surface area contributed by atoms with Gasteiger partial charge in [-0.3, -0.25) is 0 Å². The molecule has 1 aromatic heterocycles. The lowest BCUT2D eigenvalue weighted by Crippen LogP contribution is -2.31. The topological polar surface area (TPSA) is 74.6 Å². The van der Waals surface area contributed by atoms with E-state index in [1.807, 2.05) is 19.4 Å². The second kappa shape index (κ2) is 11.1. The van der Waals surface area contributed by atoms with Crippen LogP contribution in [0.1, 0.15) is 30.3 Å². The second-order valence-electron chi connectivity index (χ2n) is 5.47. The SMILES string of the molecule is Cc1ncsc1CCOCC(O)CNCCCC(C)CO. The van der Waals surface area contributed by atoms with Gasteiger partial charge in [-0.05, 0) is 32.2 Å². The van der Waals surface area contributed by atoms with Gasteiger partial charge in [-0.1, -0.05) is 6.92 Å². The highest BCUT2D eigenvalue weighted by Gasteiger charge is 2.06. The average Bonchev–Trinajstić information content (AvgIpc) is 2.88. The summed E-state index contributed by atoms with van der Waals surface area (Å²) in [6.45, 7) is 6.67. The molecule has 0 bridgehead atoms. The molecule has 0 spiro atoms. The van der Waals surface area contributed by atoms with Crippen molar-refractivity contribution in [3.8, 4) is 0 Å². The van der Waals surface area contributed by atoms with Gasteiger partial charge in [0.05, 0.1) is 30.5 Å². The molecule has 0 aliphatic heterocycles. The Labute approximate surface area is 131 Å². The van der Waals surface area contributed by atoms with Crippen molar-refractivity contribution in [1.29, 1.82) is 0 Å². The summed E-state index contributed by atoms with van der Waals surface area (Å²) in [5.41, 5.74) is 2.92. The standard InChI is InChI=1S/C15H28N2O3S/c1-12(9-18)4-3-6-16-8-14(19)10-20-7-5-15-13(2)17-11-21-15/h11-12,14,16,18-19H,3-10H2,1-2H3. The van der Waals surface area contributed by atoms with Crippen LogP contribution in [0.4, 0.5) is 0 Å². The van der Waals surface area contributed by atoms with Crippen molar-refractivity contribution in [3.05, 3.63) is 16.1 Å². The molecule has 3 N–H and O–H groups in total. The van der Waals surface area contributed by atoms with Gasteiger partial charge in [0.15, 0.2) is 0 Å². The summed E-state index contributed by atoms with van der Waals surface area (Å²) in [6.07, 6.45) is 2.41. The monoisotopic (exact) mass is 316 g/mol. The Morgan fingerprint density at radius 2 is 2.29 bits per heavy atom. The molecule has 2 unspecified atom stereocenters. The van der Waals surface area contributed by atoms with Gasteiger partial charge in [-0.25, -0.2) is 4.98 Å². The van der Waals surface area contributed by atoms with Gasteiger partial charge in [0, 0.05) is 24.4 Å². The van der Waals surface area contributed by atoms with E-state index in [1.165, 1.54) is 4.88 Å². The lowest BCUT2D eigenvalue weighted by atomic mass is 10.1. The van der Waals surface area contributed by atoms with Crippen molar-refractivity contribution in [1.82, 2.24) is 10.3 Å². The van der Waals surface area contributed by atoms with E-state index in [-0.39, 0.29) is 6.61 Å². The van der Waals surface area contributed by atoms with E-state index in [4.69, 9.17) is 9.84 Å². The molecule has 6 heteroatoms. The zero-order valence-corrected chi connectivity index (χ0v) is 13.9. The molecule has 0 radical (unpaired) electrons. The molecule has 5 nitrogen and oxygen atoms in total. The minimum Gasteiger partial charge on any atom is -0.396 e. The minimum atomic E-state index is -0.470. The van der Waals surface area contributed by atoms with E-state index in [1.54, 1.807) is 11.3 Å². The smallest absolute Gasteiger partial charge is 0.0897 e. The predicted molar refractivity (Wildman–Crippen MR) is 85.7 cm³/mol. The van der Waals surface area contributed by atoms with Crippen LogP contribution in [0.5, 0.6) is 0 Å². The fraction of sp³-hybridized carbons (Fsp3) is 0.800. The summed E-state index contributed by atoms with van der Waals surface area (Å²) >= 11 is 1.65. The van der Waals surface area contributed by atoms with Gasteiger partial charge in [0.2, 0.25) is 0 Å². The maximum absolute atomic E-state index is 9.78. The van der Waals surface area contributed by atoms with E-state index >= 15 is 0 Å². The predicted octanol–water partition coefficient (Wildman–Crippen LogP) is 1.37. The molecule has 1 aromatic rings. The molecular weight excluding hydrogens is 288 g/mol. The van der Waals surface area contributed by atoms with Gasteiger partial charge < -0.3 is 20.3 Å². The van der Waals surface area contributed by atoms with Crippen LogP contribution in [0.2, 0.25) is 0 Å². The van der Waals surface area contributed by atoms with Crippen LogP contribution in [0.3, 0.4) is 0 Å². The van der Waals surface area contributed by atoms with Crippen molar-refractivity contribution in [3.63, 3.8) is 0 Å². The molecule has 0 amide bonds. The largest absolute Gasteiger partial charge is 0.396 e. The Bertz CT molecular complexity index is 374. The highest BCUT2D eigenvalue weighted by atomic mass is 32.1. The lowest BCUT2D eigenvalue weighted by molar-refractivity contribution is 0.0385. The number of nitrogens with zero attached hydrogens (tertiary/aromatic N) is 1. The van der Waals surface area contributed by atoms with Crippen LogP contribution in [0.25, 0.3) is 0 Å². The zero-order valence-electron chi connectivity index (χ0n) is 13.0. The van der Waals surface area contributed by atoms with Gasteiger partial charge in [-0.15, -0.1) is 11.3 Å². The van der Waals surface area contributed by atoms with E-state index in [9.17, 15) is 5.11 Å². The van der Waals surface area contributed by atoms with Crippen molar-refractivity contribution in [2.75, 3.05) is 32.9 Å². The van der Waals surface area contributed by atoms with Crippen LogP contribution >= 0.6 is 11.3 Å². The number of rotatable bonds is 12. The zero-order chi connectivity index (χ0) is 15.5. The van der Waals surface area contributed by atoms with Crippen LogP contribution in [-0.4, -0.2) is 54.2 Å². The highest BCUT2D eigenvalue weighted by molar-refractivity contribution is 7.09. The number of aromatic nitrogens is 1. The molecule has 0 saturated heterocycles. The van der Waals surface area contributed by atoms with Gasteiger partial charge in [-0.2, -0.15) is 0 Å². The van der Waals surface area contributed by atoms with Crippen LogP contribution in [0.15, 0.2) is 5.51 Å². The quantitative estimate of drug-likeness (QED) is 0.508. The molecule has 0 aliphatic rings. The number of ether oxygens (including phenoxy) is 1. The van der Waals surface area contributed by atoms with Crippen molar-refractivity contribution in [2.24, 2.45) is 5.92 Å². The Morgan fingerprint density at radius 3 is 2.95 bits per heavy atom. The third kappa shape index (κ3) is 8.48. The molecule has 1 rings (SSSR count). The molecule has 0 fully saturated rings. The van der Waals surface area contributed by atoms with Gasteiger partial charge in [0.1, 0.15) is 0 Å². The summed E-state index contributed by atoms with van der Waals surface area (Å²) in [7, 11) is 0. The molecular formula is C15H28N2O3S. The number of thiazole rings is 1. The Kier molecular flexibility index (Phi) is 9.78. The fourth-order valence-corrected chi connectivity index (χ4v) is 2.71. The van der Waals surface area contributed by atoms with Crippen LogP contribution in [0, 0.1) is 12.8 Å². The first-order valence-corrected chi connectivity index (χ1v) is 8.47. The maximum Gasteiger partial charge on any atom is 0.0897 e. The minimum absolute atomic E-state index is 0.246. The fourth-order valence-electron chi connectivity index (χ4n) is 1.94. The number of aryl methyl sites for hydroxylation is 1. The Morgan fingerprint density at radius 1 is 1.48 bits per heavy atom. The third-order valence-corrected chi connectivity index (χ3v) is 4.37. The normalized spacial score (nSPS) is 14.3. The number of hydrogen-bond acceptors (Lipinski definition) is 6. The number of nitrogens with one attached hydrogen (secondary N) is 1. The molecule has 122 valence electrons. The first-order valence-electron chi connectivity index (χ1n) is 7.59. The highest BCUT2D eigenvalue weighted by Crippen LogP contribution is 2.12. The molecule has 0 saturated carbocycles. The number of hydrogen-bond donors (Lipinski definition) is 3. The summed E-state index contributed by atoms with van der Waals surface area (Å²) in [5.74, 6) is 0.357. The maximum atomic E-state index is 9.78. The van der Waals surface area contributed by atoms with Crippen LogP contribution in [-0.2, 0) is 11.2 Å². The molecule has 2 atom stereocenters. The summed E-state index contributed by atoms with van der Waals surface area (Å²) in [5, 5.41) is 21.9. The lowest BCUT2D eigenvalue weighted by Gasteiger charge is -2.13. The Balaban J connectivity index is 1.94. The van der Waals surface area contributed by atoms with E-state index in [0.29, 0.717) is 25.7 Å². The first kappa shape index (κ1) is 18.5. The average molecular weight is 316 g/mol. The summed E-state index contributed by atoms with van der Waals surface area (Å²) in [6, 6.07) is 0. The van der Waals surface area contributed by atoms with Gasteiger partial charge in [0.25, 0.3) is 0 Å². The van der Waals surface area contributed by atoms with Gasteiger partial charge >= 0.3 is 0 Å². The van der Waals surface area contributed by atoms with Crippen molar-refractivity contribution >= 4 is 11.3 Å². The van der Waals surface area contributed by atoms with E-state index < -0.39 is 6.10 Å². The number of aliphatic hydroxyl groups is 2. The van der Waals surface area contributed by atoms with Crippen molar-refractivity contribution in [2.45, 2.75) is 39.2 Å². The summed E-state index contributed by atoms with van der Waals surface area (Å²) < 4.78 is 5.49. The number of aliphatic hydroxyl groups excluding tert-OH is 2. The molecule has 0 aliphatic carbocycles. The Hall–Kier alpha value is -0.530. The summed E-state index contributed by atoms with van der Waals surface area (Å²) in [4.78, 5) is 5.45. The van der Waals surface area contributed by atoms with E-state index in [0.717, 1.165) is 31.5 Å². The van der Waals surface area contributed by atoms with E-state index in [2.05, 4.69) is 10.3 Å². The third-order valence-electron chi connectivity index (χ3n) is 3.37. The first-order chi connectivity index (χ1) is 10.1. The molecule has 0 aromatic carbocycles.